The van der Waals surface area contributed by atoms with Crippen LogP contribution in [-0.2, 0) is 9.31 Å². The van der Waals surface area contributed by atoms with Gasteiger partial charge in [0.25, 0.3) is 37.0 Å². The van der Waals surface area contributed by atoms with Crippen molar-refractivity contribution < 1.29 is 103 Å². The Hall–Kier alpha value is -10.1. The molecule has 10 N–H and O–H groups in total. The monoisotopic (exact) mass is 1750 g/mol. The molecule has 0 radical (unpaired) electrons. The molecule has 0 aliphatic carbocycles. The van der Waals surface area contributed by atoms with E-state index in [-0.39, 0.29) is 119 Å². The van der Waals surface area contributed by atoms with Gasteiger partial charge in [0.15, 0.2) is 0 Å². The Bertz CT molecular complexity index is 5030. The number of carbonyl (C=O) groups is 3. The normalized spacial score (nSPS) is 13.7. The highest BCUT2D eigenvalue weighted by Gasteiger charge is 2.53. The Labute approximate surface area is 674 Å². The fourth-order valence-corrected chi connectivity index (χ4v) is 10.0. The van der Waals surface area contributed by atoms with Gasteiger partial charge in [-0.3, -0.25) is 34.3 Å². The molecule has 600 valence electrons. The summed E-state index contributed by atoms with van der Waals surface area (Å²) in [5.74, 6) is -1.94. The third-order valence-electron chi connectivity index (χ3n) is 16.6. The first-order valence-corrected chi connectivity index (χ1v) is 34.5. The number of pyridine rings is 6. The quantitative estimate of drug-likeness (QED) is 0.0140. The van der Waals surface area contributed by atoms with E-state index in [2.05, 4.69) is 72.8 Å². The summed E-state index contributed by atoms with van der Waals surface area (Å²) in [4.78, 5) is 59.9. The van der Waals surface area contributed by atoms with Crippen LogP contribution in [0.1, 0.15) is 147 Å². The molecular formula is C73H75BCl3F9IN18O8-. The van der Waals surface area contributed by atoms with Gasteiger partial charge in [0, 0.05) is 60.1 Å². The fraction of sp³-hybridized carbons (Fsp3) is 0.329. The standard InChI is InChI=1S/C25H22F3N7O2.C17H18ClF3N4O2.C14H16BN3O2.C11H13Cl2FN2O2.C6H6F2N2.HI/c1-25(2,37)22(26)13-32-24(36)18-12-31-20(21-4-3-17-5-14(8-29)9-33-35(17)21)7-19(18)34-16-6-15(23(27)28)10-30-11-16;1-17(2,27)13(19)8-24-16(26)11-7-23-14(18)4-12(11)25-10-3-9(15(20)21)5-22-6-10;1-13(2)14(3,4)20-15(19-13)12-6-5-11-7-10(8-16)9-17-18(11)12;1-11(2,18)8(14)5-16-10(17)6-4-15-9(13)3-7(6)12;7-6(8)4-1-5(9)3-10-2-4;/h3-7,9-12,22-23,37H,13H2,1-2H3,(H,31,34)(H,32,36);3-7,13,15,27H,8H2,1-2H3,(H,23,25)(H,24,26);5-7,9H,1-4H3;3-4,8,18H,5H2,1-2H3,(H,16,17);1-3,6H,9H2;1H/p-1/t22-;13-;;8-;;/m11.1../s1. The van der Waals surface area contributed by atoms with Gasteiger partial charge >= 0.3 is 7.12 Å². The van der Waals surface area contributed by atoms with Gasteiger partial charge in [-0.1, -0.05) is 34.8 Å². The molecule has 0 aromatic carbocycles. The number of aliphatic hydroxyl groups is 3. The predicted octanol–water partition coefficient (Wildman–Crippen LogP) is 10.2. The number of anilines is 5. The first kappa shape index (κ1) is 91.8. The van der Waals surface area contributed by atoms with Crippen molar-refractivity contribution in [2.75, 3.05) is 36.0 Å². The van der Waals surface area contributed by atoms with Crippen LogP contribution in [0.25, 0.3) is 22.4 Å². The number of nitrogens with two attached hydrogens (primary N) is 1. The maximum atomic E-state index is 14.2. The number of aromatic nitrogens is 10. The van der Waals surface area contributed by atoms with E-state index in [0.717, 1.165) is 29.7 Å². The molecule has 10 aromatic heterocycles. The molecule has 40 heteroatoms. The van der Waals surface area contributed by atoms with Gasteiger partial charge in [0.05, 0.1) is 162 Å². The number of nitriles is 2. The Morgan fingerprint density at radius 2 is 0.912 bits per heavy atom. The zero-order chi connectivity index (χ0) is 83.0. The van der Waals surface area contributed by atoms with E-state index in [9.17, 15) is 69.2 Å². The lowest BCUT2D eigenvalue weighted by atomic mass is 9.85. The van der Waals surface area contributed by atoms with Crippen molar-refractivity contribution in [2.24, 2.45) is 0 Å². The van der Waals surface area contributed by atoms with E-state index in [0.29, 0.717) is 28.0 Å². The number of nitrogens with zero attached hydrogens (tertiary/aromatic N) is 12. The highest BCUT2D eigenvalue weighted by molar-refractivity contribution is 6.61. The first-order chi connectivity index (χ1) is 52.4. The molecule has 1 aliphatic rings. The zero-order valence-corrected chi connectivity index (χ0v) is 66.1. The number of nitrogen functional groups attached to an aromatic ring is 1. The van der Waals surface area contributed by atoms with E-state index in [1.54, 1.807) is 39.5 Å². The zero-order valence-electron chi connectivity index (χ0n) is 61.7. The van der Waals surface area contributed by atoms with Crippen LogP contribution in [0.4, 0.5) is 68.0 Å². The number of alkyl halides is 9. The minimum absolute atomic E-state index is 0. The lowest BCUT2D eigenvalue weighted by molar-refractivity contribution is -0.00209. The topological polar surface area (TPSA) is 376 Å². The summed E-state index contributed by atoms with van der Waals surface area (Å²) in [6.45, 7) is 14.6. The molecule has 3 atom stereocenters. The van der Waals surface area contributed by atoms with E-state index in [1.165, 1.54) is 121 Å². The Balaban J connectivity index is 0.000000232. The van der Waals surface area contributed by atoms with Gasteiger partial charge in [-0.25, -0.2) is 58.5 Å². The van der Waals surface area contributed by atoms with E-state index < -0.39 is 92.5 Å². The van der Waals surface area contributed by atoms with Gasteiger partial charge in [-0.05, 0) is 142 Å². The van der Waals surface area contributed by atoms with Crippen molar-refractivity contribution in [3.63, 3.8) is 0 Å². The summed E-state index contributed by atoms with van der Waals surface area (Å²) < 4.78 is 133. The lowest BCUT2D eigenvalue weighted by Gasteiger charge is -2.32. The summed E-state index contributed by atoms with van der Waals surface area (Å²) in [7, 11) is -0.456. The molecule has 0 unspecified atom stereocenters. The van der Waals surface area contributed by atoms with E-state index >= 15 is 0 Å². The third-order valence-corrected chi connectivity index (χ3v) is 17.3. The van der Waals surface area contributed by atoms with Crippen molar-refractivity contribution in [1.29, 1.82) is 10.5 Å². The largest absolute Gasteiger partial charge is 1.00 e. The fourth-order valence-electron chi connectivity index (χ4n) is 9.43. The summed E-state index contributed by atoms with van der Waals surface area (Å²) in [5.41, 5.74) is 4.24. The average Bonchev–Trinajstić information content (AvgIpc) is 1.59. The van der Waals surface area contributed by atoms with Crippen LogP contribution in [0.3, 0.4) is 0 Å². The average molecular weight is 1750 g/mol. The van der Waals surface area contributed by atoms with Crippen molar-refractivity contribution >= 4 is 105 Å². The van der Waals surface area contributed by atoms with Crippen molar-refractivity contribution in [3.8, 4) is 23.5 Å². The van der Waals surface area contributed by atoms with Crippen LogP contribution in [0.2, 0.25) is 15.3 Å². The minimum atomic E-state index is -2.75. The number of fused-ring (bicyclic) bond motifs is 2. The molecule has 113 heavy (non-hydrogen) atoms. The molecule has 10 aromatic rings. The number of carbonyl (C=O) groups excluding carboxylic acids is 3. The smallest absolute Gasteiger partial charge is 0.514 e. The van der Waals surface area contributed by atoms with Crippen LogP contribution < -0.4 is 61.9 Å². The van der Waals surface area contributed by atoms with Crippen LogP contribution >= 0.6 is 34.8 Å². The number of nitrogens with one attached hydrogen (secondary N) is 5. The maximum Gasteiger partial charge on any atom is 0.514 e. The second-order valence-electron chi connectivity index (χ2n) is 27.3. The molecule has 0 spiro atoms. The molecule has 3 amide bonds. The molecule has 11 heterocycles. The van der Waals surface area contributed by atoms with Crippen molar-refractivity contribution in [3.05, 3.63) is 201 Å². The Morgan fingerprint density at radius 1 is 0.522 bits per heavy atom. The molecule has 0 saturated carbocycles. The number of rotatable bonds is 21. The second-order valence-corrected chi connectivity index (χ2v) is 28.5. The molecule has 1 fully saturated rings. The molecule has 0 bridgehead atoms. The molecule has 1 saturated heterocycles. The van der Waals surface area contributed by atoms with Gasteiger partial charge in [-0.15, -0.1) is 0 Å². The SMILES string of the molecule is CC(C)(O)[C@H](F)CNC(=O)c1cnc(-c2ccc3cc(C#N)cnn23)cc1Nc1cncc(C(F)F)c1.CC(C)(O)[C@H](F)CNC(=O)c1cnc(Cl)cc1Cl.CC(C)(O)[C@H](F)CNC(=O)c1cnc(Cl)cc1Nc1cncc(C(F)F)c1.CC1(C)OB(c2ccc3cc(C#N)cnn23)OC1(C)C.Nc1cncc(C(F)F)c1.[I-]. The third kappa shape index (κ3) is 25.7. The number of halogens is 13. The molecule has 26 nitrogen and oxygen atoms in total. The number of hydrogen-bond donors (Lipinski definition) is 9. The van der Waals surface area contributed by atoms with Crippen LogP contribution in [0.15, 0.2) is 141 Å². The number of amides is 3. The van der Waals surface area contributed by atoms with Gasteiger partial charge in [0.1, 0.15) is 41.0 Å². The van der Waals surface area contributed by atoms with Gasteiger partial charge in [0.2, 0.25) is 0 Å². The molecule has 1 aliphatic heterocycles. The van der Waals surface area contributed by atoms with E-state index in [4.69, 9.17) is 60.4 Å². The summed E-state index contributed by atoms with van der Waals surface area (Å²) in [5, 5.41) is 68.5. The summed E-state index contributed by atoms with van der Waals surface area (Å²) in [6, 6.07) is 22.6. The minimum Gasteiger partial charge on any atom is -1.00 e. The van der Waals surface area contributed by atoms with Gasteiger partial charge in [-0.2, -0.15) is 20.7 Å². The number of hydrogen-bond acceptors (Lipinski definition) is 21. The summed E-state index contributed by atoms with van der Waals surface area (Å²) >= 11 is 17.2. The van der Waals surface area contributed by atoms with E-state index in [1.807, 2.05) is 45.9 Å². The van der Waals surface area contributed by atoms with Crippen molar-refractivity contribution in [1.82, 2.24) is 65.1 Å². The Kier molecular flexibility index (Phi) is 32.1. The summed E-state index contributed by atoms with van der Waals surface area (Å²) in [6.07, 6.45) is 0.737. The maximum absolute atomic E-state index is 14.2. The molecule has 11 rings (SSSR count). The molecular weight excluding hydrogens is 1670 g/mol. The Morgan fingerprint density at radius 3 is 1.34 bits per heavy atom. The second kappa shape index (κ2) is 39.6. The van der Waals surface area contributed by atoms with Crippen LogP contribution in [-0.4, -0.2) is 155 Å². The van der Waals surface area contributed by atoms with Crippen LogP contribution in [0.5, 0.6) is 0 Å². The predicted molar refractivity (Wildman–Crippen MR) is 401 cm³/mol. The lowest BCUT2D eigenvalue weighted by Crippen LogP contribution is -3.00. The van der Waals surface area contributed by atoms with Gasteiger partial charge < -0.3 is 80.9 Å². The van der Waals surface area contributed by atoms with Crippen LogP contribution in [0, 0.1) is 22.7 Å². The van der Waals surface area contributed by atoms with Crippen molar-refractivity contribution in [2.45, 2.75) is 135 Å². The highest BCUT2D eigenvalue weighted by Crippen LogP contribution is 2.37. The first-order valence-electron chi connectivity index (χ1n) is 33.4. The highest BCUT2D eigenvalue weighted by atomic mass is 127.